The summed E-state index contributed by atoms with van der Waals surface area (Å²) in [6.45, 7) is 0. The first-order valence-corrected chi connectivity index (χ1v) is 7.56. The van der Waals surface area contributed by atoms with Crippen LogP contribution in [0.1, 0.15) is 6.42 Å². The van der Waals surface area contributed by atoms with Crippen molar-refractivity contribution in [3.8, 4) is 0 Å². The first kappa shape index (κ1) is 14.3. The molecule has 0 amide bonds. The topological polar surface area (TPSA) is 40.5 Å². The van der Waals surface area contributed by atoms with Gasteiger partial charge in [0, 0.05) is 5.92 Å². The first-order valence-electron chi connectivity index (χ1n) is 5.29. The van der Waals surface area contributed by atoms with Gasteiger partial charge in [0.15, 0.2) is 4.33 Å². The van der Waals surface area contributed by atoms with Crippen LogP contribution in [0.4, 0.5) is 0 Å². The fourth-order valence-corrected chi connectivity index (χ4v) is 6.65. The summed E-state index contributed by atoms with van der Waals surface area (Å²) in [5.41, 5.74) is 0. The van der Waals surface area contributed by atoms with Crippen LogP contribution in [0, 0.1) is 11.8 Å². The molecule has 0 spiro atoms. The minimum absolute atomic E-state index is 0.0558. The first-order chi connectivity index (χ1) is 8.11. The van der Waals surface area contributed by atoms with E-state index in [1.165, 1.54) is 0 Å². The predicted octanol–water partition coefficient (Wildman–Crippen LogP) is 3.19. The number of aliphatic hydroxyl groups excluding tert-OH is 2. The van der Waals surface area contributed by atoms with Gasteiger partial charge in [-0.2, -0.15) is 0 Å². The van der Waals surface area contributed by atoms with E-state index in [0.717, 1.165) is 0 Å². The zero-order valence-corrected chi connectivity index (χ0v) is 13.2. The fraction of sp³-hybridized carbons (Fsp3) is 0.800. The number of hydrogen-bond acceptors (Lipinski definition) is 2. The Morgan fingerprint density at radius 3 is 2.00 bits per heavy atom. The molecule has 0 aromatic carbocycles. The number of fused-ring (bicyclic) bond motifs is 5. The van der Waals surface area contributed by atoms with Gasteiger partial charge in [-0.3, -0.25) is 0 Å². The molecule has 3 aliphatic carbocycles. The van der Waals surface area contributed by atoms with Crippen LogP contribution < -0.4 is 0 Å². The van der Waals surface area contributed by atoms with Crippen LogP contribution in [-0.4, -0.2) is 36.5 Å². The number of aliphatic hydroxyl groups is 2. The van der Waals surface area contributed by atoms with Crippen LogP contribution in [0.15, 0.2) is 10.1 Å². The average Bonchev–Trinajstić information content (AvgIpc) is 2.69. The van der Waals surface area contributed by atoms with Gasteiger partial charge in [0.1, 0.15) is 9.75 Å². The van der Waals surface area contributed by atoms with Crippen molar-refractivity contribution in [3.63, 3.8) is 0 Å². The lowest BCUT2D eigenvalue weighted by Crippen LogP contribution is -2.48. The Labute approximate surface area is 134 Å². The summed E-state index contributed by atoms with van der Waals surface area (Å²) < 4.78 is -1.63. The number of alkyl halides is 4. The number of hydrogen-bond donors (Lipinski definition) is 2. The average molecular weight is 373 g/mol. The Kier molecular flexibility index (Phi) is 3.01. The van der Waals surface area contributed by atoms with Gasteiger partial charge in [-0.1, -0.05) is 46.4 Å². The van der Waals surface area contributed by atoms with Crippen molar-refractivity contribution in [3.05, 3.63) is 10.1 Å². The standard InChI is InChI=1S/C10H8Cl6O2/c11-6-7(12)9(14)4-2(1-3(17)5(4)18)8(6,13)10(9,15)16/h2-5,17-18H,1H2/t2-,3+,4-,5-,8+,9-/m0/s1. The molecule has 102 valence electrons. The minimum atomic E-state index is -1.63. The smallest absolute Gasteiger partial charge is 0.166 e. The van der Waals surface area contributed by atoms with Gasteiger partial charge >= 0.3 is 0 Å². The van der Waals surface area contributed by atoms with E-state index in [-0.39, 0.29) is 16.5 Å². The third-order valence-electron chi connectivity index (χ3n) is 4.41. The van der Waals surface area contributed by atoms with Crippen LogP contribution in [-0.2, 0) is 0 Å². The highest BCUT2D eigenvalue weighted by molar-refractivity contribution is 6.65. The molecule has 2 bridgehead atoms. The van der Waals surface area contributed by atoms with E-state index in [4.69, 9.17) is 69.6 Å². The van der Waals surface area contributed by atoms with Crippen molar-refractivity contribution in [2.45, 2.75) is 32.7 Å². The Balaban J connectivity index is 2.26. The monoisotopic (exact) mass is 370 g/mol. The van der Waals surface area contributed by atoms with E-state index in [1.807, 2.05) is 0 Å². The molecule has 0 radical (unpaired) electrons. The van der Waals surface area contributed by atoms with Gasteiger partial charge in [-0.05, 0) is 12.3 Å². The third-order valence-corrected chi connectivity index (χ3v) is 8.73. The lowest BCUT2D eigenvalue weighted by molar-refractivity contribution is 0.0148. The molecular weight excluding hydrogens is 365 g/mol. The molecule has 2 saturated carbocycles. The van der Waals surface area contributed by atoms with E-state index < -0.39 is 38.1 Å². The molecule has 0 heterocycles. The van der Waals surface area contributed by atoms with Gasteiger partial charge in [0.25, 0.3) is 0 Å². The van der Waals surface area contributed by atoms with E-state index in [0.29, 0.717) is 0 Å². The maximum absolute atomic E-state index is 10.1. The molecule has 3 aliphatic rings. The van der Waals surface area contributed by atoms with Crippen molar-refractivity contribution < 1.29 is 10.2 Å². The van der Waals surface area contributed by atoms with Gasteiger partial charge < -0.3 is 10.2 Å². The molecule has 3 rings (SSSR count). The summed E-state index contributed by atoms with van der Waals surface area (Å²) in [6.07, 6.45) is -1.79. The number of rotatable bonds is 0. The lowest BCUT2D eigenvalue weighted by atomic mass is 9.84. The maximum Gasteiger partial charge on any atom is 0.166 e. The summed E-state index contributed by atoms with van der Waals surface area (Å²) in [5, 5.41) is 20.0. The van der Waals surface area contributed by atoms with Crippen molar-refractivity contribution in [2.24, 2.45) is 11.8 Å². The highest BCUT2D eigenvalue weighted by Crippen LogP contribution is 2.78. The largest absolute Gasteiger partial charge is 0.390 e. The predicted molar refractivity (Wildman–Crippen MR) is 73.9 cm³/mol. The van der Waals surface area contributed by atoms with Crippen LogP contribution in [0.2, 0.25) is 0 Å². The quantitative estimate of drug-likeness (QED) is 0.641. The lowest BCUT2D eigenvalue weighted by Gasteiger charge is -2.35. The second-order valence-corrected chi connectivity index (χ2v) is 8.33. The molecule has 0 aromatic rings. The van der Waals surface area contributed by atoms with Crippen molar-refractivity contribution in [1.29, 1.82) is 0 Å². The molecule has 2 nitrogen and oxygen atoms in total. The van der Waals surface area contributed by atoms with Gasteiger partial charge in [0.2, 0.25) is 0 Å². The highest BCUT2D eigenvalue weighted by atomic mass is 35.5. The Hall–Kier alpha value is 1.40. The molecule has 6 atom stereocenters. The summed E-state index contributed by atoms with van der Waals surface area (Å²) >= 11 is 37.9. The Morgan fingerprint density at radius 2 is 1.44 bits per heavy atom. The fourth-order valence-electron chi connectivity index (χ4n) is 3.56. The molecule has 0 unspecified atom stereocenters. The Bertz CT molecular complexity index is 465. The molecule has 0 saturated heterocycles. The van der Waals surface area contributed by atoms with Gasteiger partial charge in [0.05, 0.1) is 22.3 Å². The van der Waals surface area contributed by atoms with Crippen molar-refractivity contribution >= 4 is 69.6 Å². The van der Waals surface area contributed by atoms with Crippen molar-refractivity contribution in [2.75, 3.05) is 0 Å². The van der Waals surface area contributed by atoms with E-state index in [9.17, 15) is 10.2 Å². The molecule has 2 N–H and O–H groups in total. The normalized spacial score (nSPS) is 57.3. The maximum atomic E-state index is 10.1. The van der Waals surface area contributed by atoms with Crippen LogP contribution in [0.25, 0.3) is 0 Å². The molecule has 0 aromatic heterocycles. The number of halogens is 6. The second-order valence-electron chi connectivity index (χ2n) is 5.05. The summed E-state index contributed by atoms with van der Waals surface area (Å²) in [4.78, 5) is -2.85. The number of allylic oxidation sites excluding steroid dienone is 2. The van der Waals surface area contributed by atoms with Crippen molar-refractivity contribution in [1.82, 2.24) is 0 Å². The second kappa shape index (κ2) is 3.78. The molecule has 8 heteroatoms. The van der Waals surface area contributed by atoms with E-state index >= 15 is 0 Å². The molecular formula is C10H8Cl6O2. The molecule has 0 aliphatic heterocycles. The summed E-state index contributed by atoms with van der Waals surface area (Å²) in [6, 6.07) is 0. The summed E-state index contributed by atoms with van der Waals surface area (Å²) in [7, 11) is 0. The summed E-state index contributed by atoms with van der Waals surface area (Å²) in [5.74, 6) is -1.05. The van der Waals surface area contributed by atoms with Gasteiger partial charge in [-0.15, -0.1) is 23.2 Å². The van der Waals surface area contributed by atoms with E-state index in [2.05, 4.69) is 0 Å². The highest BCUT2D eigenvalue weighted by Gasteiger charge is 2.84. The zero-order valence-electron chi connectivity index (χ0n) is 8.68. The van der Waals surface area contributed by atoms with Crippen LogP contribution in [0.5, 0.6) is 0 Å². The van der Waals surface area contributed by atoms with Gasteiger partial charge in [-0.25, -0.2) is 0 Å². The SMILES string of the molecule is O[C@@H]1[C@@H]2[C@H](C[C@H]1O)[C@@]1(Cl)C(Cl)=C(Cl)[C@]2(Cl)C1(Cl)Cl. The van der Waals surface area contributed by atoms with Crippen LogP contribution in [0.3, 0.4) is 0 Å². The third kappa shape index (κ3) is 1.16. The Morgan fingerprint density at radius 1 is 0.944 bits per heavy atom. The van der Waals surface area contributed by atoms with Crippen LogP contribution >= 0.6 is 69.6 Å². The molecule has 18 heavy (non-hydrogen) atoms. The minimum Gasteiger partial charge on any atom is -0.390 e. The van der Waals surface area contributed by atoms with E-state index in [1.54, 1.807) is 0 Å². The molecule has 2 fully saturated rings. The zero-order chi connectivity index (χ0) is 13.7.